The monoisotopic (exact) mass is 898 g/mol. The topological polar surface area (TPSA) is 153 Å². The van der Waals surface area contributed by atoms with E-state index in [-0.39, 0.29) is 60.2 Å². The summed E-state index contributed by atoms with van der Waals surface area (Å²) in [5.74, 6) is 0.189. The van der Waals surface area contributed by atoms with Crippen LogP contribution in [0.5, 0.6) is 5.75 Å². The summed E-state index contributed by atoms with van der Waals surface area (Å²) < 4.78 is 83.3. The van der Waals surface area contributed by atoms with Gasteiger partial charge in [-0.15, -0.1) is 6.42 Å². The number of carbonyl (C=O) groups is 1. The third-order valence-corrected chi connectivity index (χ3v) is 12.7. The van der Waals surface area contributed by atoms with Crippen LogP contribution in [-0.4, -0.2) is 57.5 Å². The molecule has 0 bridgehead atoms. The lowest BCUT2D eigenvalue weighted by atomic mass is 9.94. The van der Waals surface area contributed by atoms with E-state index in [1.807, 2.05) is 0 Å². The molecule has 0 aliphatic rings. The number of imidazole rings is 1. The van der Waals surface area contributed by atoms with Gasteiger partial charge in [-0.1, -0.05) is 128 Å². The second-order valence-corrected chi connectivity index (χ2v) is 17.9. The molecular formula is C47H66F3N6O6P. The van der Waals surface area contributed by atoms with Gasteiger partial charge in [0, 0.05) is 26.1 Å². The van der Waals surface area contributed by atoms with E-state index in [0.717, 1.165) is 69.6 Å². The highest BCUT2D eigenvalue weighted by molar-refractivity contribution is 7.52. The smallest absolute Gasteiger partial charge is 0.459 e. The minimum absolute atomic E-state index is 0.0230. The fourth-order valence-corrected chi connectivity index (χ4v) is 8.97. The number of aromatic nitrogens is 4. The largest absolute Gasteiger partial charge is 0.464 e. The number of hydrogen-bond donors (Lipinski definition) is 2. The van der Waals surface area contributed by atoms with Crippen molar-refractivity contribution in [2.24, 2.45) is 5.92 Å². The number of aryl methyl sites for hydroxylation is 1. The number of nitrogens with two attached hydrogens (primary N) is 1. The highest BCUT2D eigenvalue weighted by atomic mass is 31.2. The fourth-order valence-electron chi connectivity index (χ4n) is 7.44. The number of halogens is 3. The van der Waals surface area contributed by atoms with Crippen molar-refractivity contribution < 1.29 is 41.1 Å². The number of anilines is 1. The standard InChI is InChI=1S/C47H66F3N6O6P/c1-5-8-10-12-14-16-19-23-36(24-20-17-15-13-11-9-6-2)33-60-45(57)41(31-37-29-38(48)32-39(49)30-37)55-63(58,62-40-25-21-18-22-26-40)61-34-47(7-3,59-4)27-28-56-35-52-42-43(51)53-46(50)54-44(42)56/h3,18,21-22,25-26,29-30,32,35-36,41H,5-6,8-17,19-20,23-24,27-28,31,33-34H2,1-2,4H3,(H,55,58)(H2,51,53,54)/t41-,47?,63?/m0/s1. The Hall–Kier alpha value is -4.48. The third-order valence-electron chi connectivity index (χ3n) is 11.2. The molecule has 63 heavy (non-hydrogen) atoms. The van der Waals surface area contributed by atoms with E-state index in [9.17, 15) is 22.5 Å². The van der Waals surface area contributed by atoms with Crippen molar-refractivity contribution in [3.05, 3.63) is 78.1 Å². The number of benzene rings is 2. The van der Waals surface area contributed by atoms with Crippen molar-refractivity contribution in [1.82, 2.24) is 24.6 Å². The Morgan fingerprint density at radius 1 is 0.905 bits per heavy atom. The molecule has 2 aromatic heterocycles. The van der Waals surface area contributed by atoms with Crippen LogP contribution >= 0.6 is 7.75 Å². The number of carbonyl (C=O) groups excluding carboxylic acids is 1. The molecule has 0 amide bonds. The lowest BCUT2D eigenvalue weighted by Crippen LogP contribution is -2.42. The minimum atomic E-state index is -4.61. The number of nitrogens with one attached hydrogen (secondary N) is 1. The van der Waals surface area contributed by atoms with Crippen LogP contribution in [0.1, 0.15) is 129 Å². The second-order valence-electron chi connectivity index (χ2n) is 16.2. The van der Waals surface area contributed by atoms with Crippen molar-refractivity contribution in [2.45, 2.75) is 148 Å². The first-order chi connectivity index (χ1) is 30.4. The van der Waals surface area contributed by atoms with E-state index in [1.165, 1.54) is 69.4 Å². The summed E-state index contributed by atoms with van der Waals surface area (Å²) in [6.07, 6.45) is 24.1. The Morgan fingerprint density at radius 3 is 2.10 bits per heavy atom. The summed E-state index contributed by atoms with van der Waals surface area (Å²) in [7, 11) is -3.26. The maximum atomic E-state index is 14.9. The van der Waals surface area contributed by atoms with Crippen molar-refractivity contribution >= 4 is 30.7 Å². The molecule has 2 unspecified atom stereocenters. The van der Waals surface area contributed by atoms with Crippen LogP contribution in [0.15, 0.2) is 54.9 Å². The summed E-state index contributed by atoms with van der Waals surface area (Å²) in [4.78, 5) is 25.7. The van der Waals surface area contributed by atoms with Crippen molar-refractivity contribution in [1.29, 1.82) is 0 Å². The van der Waals surface area contributed by atoms with Gasteiger partial charge in [-0.25, -0.2) is 18.3 Å². The van der Waals surface area contributed by atoms with Gasteiger partial charge in [0.05, 0.1) is 19.5 Å². The number of fused-ring (bicyclic) bond motifs is 1. The average Bonchev–Trinajstić information content (AvgIpc) is 3.67. The summed E-state index contributed by atoms with van der Waals surface area (Å²) in [6, 6.07) is 9.62. The first-order valence-corrected chi connectivity index (χ1v) is 24.0. The van der Waals surface area contributed by atoms with Crippen molar-refractivity contribution in [3.63, 3.8) is 0 Å². The van der Waals surface area contributed by atoms with Crippen LogP contribution in [0.3, 0.4) is 0 Å². The second kappa shape index (κ2) is 27.0. The molecule has 2 aromatic carbocycles. The molecule has 0 spiro atoms. The zero-order chi connectivity index (χ0) is 45.5. The number of hydrogen-bond acceptors (Lipinski definition) is 10. The molecule has 0 fully saturated rings. The molecular weight excluding hydrogens is 833 g/mol. The maximum Gasteiger partial charge on any atom is 0.459 e. The normalized spacial score (nSPS) is 14.0. The number of nitrogen functional groups attached to an aromatic ring is 1. The number of unbranched alkanes of at least 4 members (excludes halogenated alkanes) is 12. The zero-order valence-electron chi connectivity index (χ0n) is 37.2. The van der Waals surface area contributed by atoms with Gasteiger partial charge < -0.3 is 24.3 Å². The first-order valence-electron chi connectivity index (χ1n) is 22.5. The van der Waals surface area contributed by atoms with Gasteiger partial charge in [-0.3, -0.25) is 9.32 Å². The van der Waals surface area contributed by atoms with E-state index < -0.39 is 49.7 Å². The number of esters is 1. The lowest BCUT2D eigenvalue weighted by Gasteiger charge is -2.30. The number of nitrogens with zero attached hydrogens (tertiary/aromatic N) is 4. The highest BCUT2D eigenvalue weighted by Crippen LogP contribution is 2.46. The first kappa shape index (κ1) is 51.2. The predicted molar refractivity (Wildman–Crippen MR) is 240 cm³/mol. The molecule has 12 nitrogen and oxygen atoms in total. The fraction of sp³-hybridized carbons (Fsp3) is 0.574. The summed E-state index contributed by atoms with van der Waals surface area (Å²) in [6.45, 7) is 4.09. The molecule has 0 saturated heterocycles. The van der Waals surface area contributed by atoms with E-state index in [1.54, 1.807) is 30.3 Å². The van der Waals surface area contributed by atoms with Gasteiger partial charge in [0.2, 0.25) is 0 Å². The molecule has 0 radical (unpaired) electrons. The van der Waals surface area contributed by atoms with Gasteiger partial charge in [-0.2, -0.15) is 19.4 Å². The quantitative estimate of drug-likeness (QED) is 0.0158. The Morgan fingerprint density at radius 2 is 1.51 bits per heavy atom. The molecule has 0 aliphatic carbocycles. The Bertz CT molecular complexity index is 2030. The van der Waals surface area contributed by atoms with Crippen LogP contribution < -0.4 is 15.3 Å². The molecule has 4 aromatic rings. The van der Waals surface area contributed by atoms with Gasteiger partial charge in [0.15, 0.2) is 17.1 Å². The molecule has 3 atom stereocenters. The van der Waals surface area contributed by atoms with Crippen molar-refractivity contribution in [3.8, 4) is 18.1 Å². The van der Waals surface area contributed by atoms with E-state index in [4.69, 9.17) is 30.7 Å². The van der Waals surface area contributed by atoms with Gasteiger partial charge in [0.1, 0.15) is 28.9 Å². The van der Waals surface area contributed by atoms with Gasteiger partial charge in [-0.05, 0) is 55.0 Å². The zero-order valence-corrected chi connectivity index (χ0v) is 38.1. The number of methoxy groups -OCH3 is 1. The third kappa shape index (κ3) is 17.5. The molecule has 3 N–H and O–H groups in total. The number of para-hydroxylation sites is 1. The molecule has 0 aliphatic heterocycles. The van der Waals surface area contributed by atoms with Crippen LogP contribution in [-0.2, 0) is 36.3 Å². The molecule has 346 valence electrons. The molecule has 4 rings (SSSR count). The van der Waals surface area contributed by atoms with E-state index in [0.29, 0.717) is 0 Å². The Balaban J connectivity index is 1.55. The Labute approximate surface area is 371 Å². The molecule has 2 heterocycles. The highest BCUT2D eigenvalue weighted by Gasteiger charge is 2.39. The van der Waals surface area contributed by atoms with Crippen LogP contribution in [0.2, 0.25) is 0 Å². The predicted octanol–water partition coefficient (Wildman–Crippen LogP) is 11.1. The van der Waals surface area contributed by atoms with E-state index >= 15 is 0 Å². The Kier molecular flexibility index (Phi) is 21.9. The number of ether oxygens (including phenoxy) is 2. The summed E-state index contributed by atoms with van der Waals surface area (Å²) in [5.41, 5.74) is 4.72. The lowest BCUT2D eigenvalue weighted by molar-refractivity contribution is -0.147. The number of rotatable bonds is 32. The maximum absolute atomic E-state index is 14.9. The van der Waals surface area contributed by atoms with Crippen LogP contribution in [0.25, 0.3) is 11.2 Å². The summed E-state index contributed by atoms with van der Waals surface area (Å²) >= 11 is 0. The molecule has 0 saturated carbocycles. The SMILES string of the molecule is C#CC(CCn1cnc2c(N)nc(F)nc21)(COP(=O)(N[C@@H](Cc1cc(F)cc(F)c1)C(=O)OCC(CCCCCCCCC)CCCCCCCCC)Oc1ccccc1)OC. The van der Waals surface area contributed by atoms with Crippen LogP contribution in [0.4, 0.5) is 19.0 Å². The van der Waals surface area contributed by atoms with E-state index in [2.05, 4.69) is 39.8 Å². The summed E-state index contributed by atoms with van der Waals surface area (Å²) in [5, 5.41) is 2.75. The minimum Gasteiger partial charge on any atom is -0.464 e. The van der Waals surface area contributed by atoms with Crippen LogP contribution in [0, 0.1) is 36.0 Å². The van der Waals surface area contributed by atoms with Crippen molar-refractivity contribution in [2.75, 3.05) is 26.1 Å². The molecule has 16 heteroatoms. The average molecular weight is 899 g/mol. The number of terminal acetylenes is 1. The van der Waals surface area contributed by atoms with Gasteiger partial charge in [0.25, 0.3) is 0 Å². The van der Waals surface area contributed by atoms with Gasteiger partial charge >= 0.3 is 19.8 Å².